The van der Waals surface area contributed by atoms with Crippen LogP contribution in [0.25, 0.3) is 0 Å². The molecule has 0 amide bonds. The molecule has 108 valence electrons. The van der Waals surface area contributed by atoms with E-state index in [0.29, 0.717) is 12.4 Å². The summed E-state index contributed by atoms with van der Waals surface area (Å²) in [6.07, 6.45) is 1.45. The third-order valence-electron chi connectivity index (χ3n) is 2.62. The van der Waals surface area contributed by atoms with E-state index in [9.17, 15) is 9.90 Å². The lowest BCUT2D eigenvalue weighted by atomic mass is 10.1. The fraction of sp³-hybridized carbons (Fsp3) is 0.917. The molecule has 0 heterocycles. The standard InChI is InChI=1S/C12H25NO4S/c1-4-5-6-17-7-9(14)8-18-12(2,3)10(13)11(15)16/h9-10,14H,4-8,13H2,1-3H3,(H,15,16)/t9?,10-/m0/s1. The van der Waals surface area contributed by atoms with Crippen LogP contribution < -0.4 is 5.73 Å². The molecule has 0 aromatic rings. The van der Waals surface area contributed by atoms with E-state index in [1.807, 2.05) is 0 Å². The van der Waals surface area contributed by atoms with Gasteiger partial charge in [0.15, 0.2) is 0 Å². The normalized spacial score (nSPS) is 15.4. The van der Waals surface area contributed by atoms with E-state index in [1.54, 1.807) is 13.8 Å². The van der Waals surface area contributed by atoms with Gasteiger partial charge in [0.2, 0.25) is 0 Å². The predicted molar refractivity (Wildman–Crippen MR) is 73.9 cm³/mol. The summed E-state index contributed by atoms with van der Waals surface area (Å²) >= 11 is 1.35. The SMILES string of the molecule is CCCCOCC(O)CSC(C)(C)[C@@H](N)C(=O)O. The molecule has 0 aromatic heterocycles. The van der Waals surface area contributed by atoms with Gasteiger partial charge in [-0.15, -0.1) is 0 Å². The van der Waals surface area contributed by atoms with Crippen LogP contribution in [0.2, 0.25) is 0 Å². The molecule has 0 aliphatic heterocycles. The number of hydrogen-bond acceptors (Lipinski definition) is 5. The van der Waals surface area contributed by atoms with Gasteiger partial charge in [0.1, 0.15) is 6.04 Å². The minimum atomic E-state index is -1.03. The number of unbranched alkanes of at least 4 members (excludes halogenated alkanes) is 1. The lowest BCUT2D eigenvalue weighted by Crippen LogP contribution is -2.47. The number of ether oxygens (including phenoxy) is 1. The van der Waals surface area contributed by atoms with Crippen LogP contribution in [-0.4, -0.2) is 52.0 Å². The molecule has 6 heteroatoms. The largest absolute Gasteiger partial charge is 0.480 e. The van der Waals surface area contributed by atoms with Crippen molar-refractivity contribution in [1.29, 1.82) is 0 Å². The molecule has 0 aliphatic carbocycles. The molecule has 0 bridgehead atoms. The first-order valence-electron chi connectivity index (χ1n) is 6.19. The minimum absolute atomic E-state index is 0.283. The third kappa shape index (κ3) is 7.20. The number of carbonyl (C=O) groups is 1. The van der Waals surface area contributed by atoms with E-state index in [4.69, 9.17) is 15.6 Å². The summed E-state index contributed by atoms with van der Waals surface area (Å²) in [5.74, 6) is -0.610. The molecular formula is C12H25NO4S. The summed E-state index contributed by atoms with van der Waals surface area (Å²) in [6, 6.07) is -0.948. The van der Waals surface area contributed by atoms with Gasteiger partial charge >= 0.3 is 5.97 Å². The Hall–Kier alpha value is -0.300. The van der Waals surface area contributed by atoms with Crippen LogP contribution in [-0.2, 0) is 9.53 Å². The van der Waals surface area contributed by atoms with E-state index in [-0.39, 0.29) is 6.61 Å². The van der Waals surface area contributed by atoms with Crippen LogP contribution in [0.5, 0.6) is 0 Å². The molecule has 0 aliphatic rings. The lowest BCUT2D eigenvalue weighted by molar-refractivity contribution is -0.139. The fourth-order valence-electron chi connectivity index (χ4n) is 1.21. The van der Waals surface area contributed by atoms with Crippen molar-refractivity contribution in [3.05, 3.63) is 0 Å². The van der Waals surface area contributed by atoms with Gasteiger partial charge in [0.05, 0.1) is 12.7 Å². The van der Waals surface area contributed by atoms with Crippen molar-refractivity contribution in [2.24, 2.45) is 5.73 Å². The predicted octanol–water partition coefficient (Wildman–Crippen LogP) is 1.09. The molecule has 0 saturated heterocycles. The zero-order valence-electron chi connectivity index (χ0n) is 11.4. The third-order valence-corrected chi connectivity index (χ3v) is 4.16. The summed E-state index contributed by atoms with van der Waals surface area (Å²) in [7, 11) is 0. The maximum absolute atomic E-state index is 10.8. The second kappa shape index (κ2) is 8.74. The Bertz CT molecular complexity index is 248. The molecule has 4 N–H and O–H groups in total. The van der Waals surface area contributed by atoms with Crippen LogP contribution in [0.1, 0.15) is 33.6 Å². The van der Waals surface area contributed by atoms with Crippen molar-refractivity contribution in [2.75, 3.05) is 19.0 Å². The number of hydrogen-bond donors (Lipinski definition) is 3. The molecule has 0 spiro atoms. The van der Waals surface area contributed by atoms with E-state index < -0.39 is 22.9 Å². The lowest BCUT2D eigenvalue weighted by Gasteiger charge is -2.28. The first-order chi connectivity index (χ1) is 8.31. The summed E-state index contributed by atoms with van der Waals surface area (Å²) in [5, 5.41) is 18.6. The maximum atomic E-state index is 10.8. The number of nitrogens with two attached hydrogens (primary N) is 1. The quantitative estimate of drug-likeness (QED) is 0.518. The van der Waals surface area contributed by atoms with E-state index in [0.717, 1.165) is 12.8 Å². The molecule has 5 nitrogen and oxygen atoms in total. The zero-order valence-corrected chi connectivity index (χ0v) is 12.2. The Morgan fingerprint density at radius 1 is 1.50 bits per heavy atom. The molecule has 0 saturated carbocycles. The number of aliphatic hydroxyl groups excluding tert-OH is 1. The van der Waals surface area contributed by atoms with Crippen LogP contribution in [0.4, 0.5) is 0 Å². The number of aliphatic hydroxyl groups is 1. The van der Waals surface area contributed by atoms with E-state index in [2.05, 4.69) is 6.92 Å². The van der Waals surface area contributed by atoms with Crippen molar-refractivity contribution in [2.45, 2.75) is 50.5 Å². The Labute approximate surface area is 113 Å². The highest BCUT2D eigenvalue weighted by Crippen LogP contribution is 2.28. The second-order valence-electron chi connectivity index (χ2n) is 4.81. The first kappa shape index (κ1) is 17.7. The highest BCUT2D eigenvalue weighted by Gasteiger charge is 2.32. The van der Waals surface area contributed by atoms with Crippen molar-refractivity contribution < 1.29 is 19.7 Å². The van der Waals surface area contributed by atoms with Crippen molar-refractivity contribution in [3.63, 3.8) is 0 Å². The van der Waals surface area contributed by atoms with Gasteiger partial charge in [-0.1, -0.05) is 13.3 Å². The Balaban J connectivity index is 3.89. The van der Waals surface area contributed by atoms with E-state index >= 15 is 0 Å². The number of rotatable bonds is 10. The van der Waals surface area contributed by atoms with E-state index in [1.165, 1.54) is 11.8 Å². The molecule has 18 heavy (non-hydrogen) atoms. The fourth-order valence-corrected chi connectivity index (χ4v) is 2.21. The number of aliphatic carboxylic acids is 1. The molecule has 0 aromatic carbocycles. The number of carboxylic acids is 1. The minimum Gasteiger partial charge on any atom is -0.480 e. The summed E-state index contributed by atoms with van der Waals surface area (Å²) in [6.45, 7) is 6.54. The molecule has 2 atom stereocenters. The van der Waals surface area contributed by atoms with Crippen molar-refractivity contribution in [1.82, 2.24) is 0 Å². The highest BCUT2D eigenvalue weighted by atomic mass is 32.2. The molecule has 0 radical (unpaired) electrons. The average Bonchev–Trinajstić information content (AvgIpc) is 2.31. The van der Waals surface area contributed by atoms with Crippen molar-refractivity contribution in [3.8, 4) is 0 Å². The Kier molecular flexibility index (Phi) is 8.60. The summed E-state index contributed by atoms with van der Waals surface area (Å²) in [4.78, 5) is 10.8. The Morgan fingerprint density at radius 3 is 2.61 bits per heavy atom. The van der Waals surface area contributed by atoms with Crippen molar-refractivity contribution >= 4 is 17.7 Å². The van der Waals surface area contributed by atoms with Gasteiger partial charge in [-0.05, 0) is 20.3 Å². The number of carboxylic acid groups (broad SMARTS) is 1. The molecule has 1 unspecified atom stereocenters. The van der Waals surface area contributed by atoms with Crippen LogP contribution in [0, 0.1) is 0 Å². The Morgan fingerprint density at radius 2 is 2.11 bits per heavy atom. The zero-order chi connectivity index (χ0) is 14.2. The van der Waals surface area contributed by atoms with Crippen LogP contribution in [0.3, 0.4) is 0 Å². The van der Waals surface area contributed by atoms with Gasteiger partial charge in [0.25, 0.3) is 0 Å². The summed E-state index contributed by atoms with van der Waals surface area (Å²) in [5.41, 5.74) is 5.59. The van der Waals surface area contributed by atoms with Gasteiger partial charge in [0, 0.05) is 17.1 Å². The maximum Gasteiger partial charge on any atom is 0.321 e. The molecule has 0 rings (SSSR count). The van der Waals surface area contributed by atoms with Gasteiger partial charge in [-0.25, -0.2) is 0 Å². The average molecular weight is 279 g/mol. The van der Waals surface area contributed by atoms with Gasteiger partial charge < -0.3 is 20.7 Å². The van der Waals surface area contributed by atoms with Crippen LogP contribution >= 0.6 is 11.8 Å². The smallest absolute Gasteiger partial charge is 0.321 e. The topological polar surface area (TPSA) is 92.8 Å². The number of thioether (sulfide) groups is 1. The molecular weight excluding hydrogens is 254 g/mol. The van der Waals surface area contributed by atoms with Gasteiger partial charge in [-0.3, -0.25) is 4.79 Å². The van der Waals surface area contributed by atoms with Gasteiger partial charge in [-0.2, -0.15) is 11.8 Å². The highest BCUT2D eigenvalue weighted by molar-refractivity contribution is 8.00. The first-order valence-corrected chi connectivity index (χ1v) is 7.18. The second-order valence-corrected chi connectivity index (χ2v) is 6.49. The molecule has 0 fully saturated rings. The van der Waals surface area contributed by atoms with Crippen LogP contribution in [0.15, 0.2) is 0 Å². The monoisotopic (exact) mass is 279 g/mol. The summed E-state index contributed by atoms with van der Waals surface area (Å²) < 4.78 is 4.68.